The number of benzene rings is 1. The van der Waals surface area contributed by atoms with Crippen molar-refractivity contribution in [1.82, 2.24) is 0 Å². The number of aryl methyl sites for hydroxylation is 1. The molecule has 0 spiro atoms. The zero-order valence-corrected chi connectivity index (χ0v) is 14.9. The second-order valence-corrected chi connectivity index (χ2v) is 6.89. The van der Waals surface area contributed by atoms with Crippen LogP contribution in [-0.4, -0.2) is 28.7 Å². The van der Waals surface area contributed by atoms with Crippen molar-refractivity contribution in [2.75, 3.05) is 0 Å². The Hall–Kier alpha value is -2.01. The predicted octanol–water partition coefficient (Wildman–Crippen LogP) is 2.93. The van der Waals surface area contributed by atoms with E-state index >= 15 is 0 Å². The molecule has 0 saturated heterocycles. The van der Waals surface area contributed by atoms with Crippen LogP contribution in [0.25, 0.3) is 0 Å². The minimum absolute atomic E-state index is 0.0789. The highest BCUT2D eigenvalue weighted by Gasteiger charge is 2.30. The Kier molecular flexibility index (Phi) is 6.88. The molecule has 0 aromatic heterocycles. The Bertz CT molecular complexity index is 637. The molecule has 1 aliphatic heterocycles. The van der Waals surface area contributed by atoms with E-state index < -0.39 is 18.2 Å². The Morgan fingerprint density at radius 2 is 1.96 bits per heavy atom. The summed E-state index contributed by atoms with van der Waals surface area (Å²) < 4.78 is 5.55. The van der Waals surface area contributed by atoms with Crippen molar-refractivity contribution in [3.05, 3.63) is 35.4 Å². The lowest BCUT2D eigenvalue weighted by Gasteiger charge is -2.24. The molecule has 3 atom stereocenters. The second kappa shape index (κ2) is 8.90. The average Bonchev–Trinajstić information content (AvgIpc) is 2.55. The number of rotatable bonds is 5. The number of fused-ring (bicyclic) bond motifs is 1. The SMILES string of the molecule is CC(=O)C[C@@H](O)CC(=O)[C@H]1OC(=O)[C@@H](C)CCCCc2ccccc21. The van der Waals surface area contributed by atoms with Crippen LogP contribution in [0.5, 0.6) is 0 Å². The number of hydrogen-bond acceptors (Lipinski definition) is 5. The van der Waals surface area contributed by atoms with Gasteiger partial charge in [0, 0.05) is 18.4 Å². The summed E-state index contributed by atoms with van der Waals surface area (Å²) in [5, 5.41) is 9.93. The Balaban J connectivity index is 2.28. The standard InChI is InChI=1S/C20H26O5/c1-13-7-3-4-8-15-9-5-6-10-17(15)19(25-20(13)24)18(23)12-16(22)11-14(2)21/h5-6,9-10,13,16,19,22H,3-4,7-8,11-12H2,1-2H3/t13-,16+,19-/m0/s1. The number of ether oxygens (including phenoxy) is 1. The molecular weight excluding hydrogens is 320 g/mol. The third kappa shape index (κ3) is 5.49. The minimum Gasteiger partial charge on any atom is -0.449 e. The normalized spacial score (nSPS) is 22.4. The van der Waals surface area contributed by atoms with Crippen molar-refractivity contribution in [3.63, 3.8) is 0 Å². The van der Waals surface area contributed by atoms with Gasteiger partial charge in [-0.1, -0.05) is 37.6 Å². The molecule has 0 amide bonds. The first-order chi connectivity index (χ1) is 11.9. The number of Topliss-reactive ketones (excluding diaryl/α,β-unsaturated/α-hetero) is 2. The number of aliphatic hydroxyl groups excluding tert-OH is 1. The van der Waals surface area contributed by atoms with E-state index in [1.54, 1.807) is 6.07 Å². The fourth-order valence-corrected chi connectivity index (χ4v) is 3.18. The largest absolute Gasteiger partial charge is 0.449 e. The van der Waals surface area contributed by atoms with Gasteiger partial charge in [-0.05, 0) is 31.7 Å². The van der Waals surface area contributed by atoms with Crippen molar-refractivity contribution in [2.24, 2.45) is 5.92 Å². The maximum absolute atomic E-state index is 12.7. The maximum atomic E-state index is 12.7. The van der Waals surface area contributed by atoms with E-state index in [1.807, 2.05) is 25.1 Å². The summed E-state index contributed by atoms with van der Waals surface area (Å²) in [6.45, 7) is 3.18. The van der Waals surface area contributed by atoms with Crippen molar-refractivity contribution < 1.29 is 24.2 Å². The monoisotopic (exact) mass is 346 g/mol. The van der Waals surface area contributed by atoms with Crippen LogP contribution in [0, 0.1) is 5.92 Å². The first kappa shape index (κ1) is 19.3. The summed E-state index contributed by atoms with van der Waals surface area (Å²) in [7, 11) is 0. The van der Waals surface area contributed by atoms with Gasteiger partial charge in [-0.25, -0.2) is 0 Å². The van der Waals surface area contributed by atoms with Crippen LogP contribution in [-0.2, 0) is 25.5 Å². The second-order valence-electron chi connectivity index (χ2n) is 6.89. The minimum atomic E-state index is -1.05. The van der Waals surface area contributed by atoms with Crippen LogP contribution in [0.15, 0.2) is 24.3 Å². The summed E-state index contributed by atoms with van der Waals surface area (Å²) in [4.78, 5) is 36.2. The molecule has 0 saturated carbocycles. The molecule has 1 heterocycles. The van der Waals surface area contributed by atoms with Gasteiger partial charge in [0.25, 0.3) is 0 Å². The molecule has 5 heteroatoms. The number of ketones is 2. The zero-order chi connectivity index (χ0) is 18.4. The van der Waals surface area contributed by atoms with E-state index in [0.717, 1.165) is 31.2 Å². The van der Waals surface area contributed by atoms with Gasteiger partial charge in [0.2, 0.25) is 0 Å². The summed E-state index contributed by atoms with van der Waals surface area (Å²) in [6, 6.07) is 7.46. The highest BCUT2D eigenvalue weighted by Crippen LogP contribution is 2.29. The molecule has 5 nitrogen and oxygen atoms in total. The van der Waals surface area contributed by atoms with Crippen molar-refractivity contribution in [2.45, 2.75) is 64.6 Å². The van der Waals surface area contributed by atoms with E-state index in [1.165, 1.54) is 6.92 Å². The van der Waals surface area contributed by atoms with Gasteiger partial charge in [-0.15, -0.1) is 0 Å². The van der Waals surface area contributed by atoms with Crippen molar-refractivity contribution in [3.8, 4) is 0 Å². The lowest BCUT2D eigenvalue weighted by atomic mass is 9.91. The van der Waals surface area contributed by atoms with Crippen molar-refractivity contribution in [1.29, 1.82) is 0 Å². The third-order valence-corrected chi connectivity index (χ3v) is 4.56. The van der Waals surface area contributed by atoms with E-state index in [4.69, 9.17) is 4.74 Å². The van der Waals surface area contributed by atoms with Gasteiger partial charge in [-0.3, -0.25) is 14.4 Å². The lowest BCUT2D eigenvalue weighted by molar-refractivity contribution is -0.160. The molecule has 1 aromatic rings. The number of cyclic esters (lactones) is 1. The van der Waals surface area contributed by atoms with Crippen LogP contribution >= 0.6 is 0 Å². The Labute approximate surface area is 148 Å². The molecule has 1 aliphatic rings. The number of esters is 1. The average molecular weight is 346 g/mol. The summed E-state index contributed by atoms with van der Waals surface area (Å²) >= 11 is 0. The molecular formula is C20H26O5. The van der Waals surface area contributed by atoms with Crippen LogP contribution < -0.4 is 0 Å². The van der Waals surface area contributed by atoms with Gasteiger partial charge in [0.15, 0.2) is 11.9 Å². The van der Waals surface area contributed by atoms with E-state index in [2.05, 4.69) is 0 Å². The molecule has 0 radical (unpaired) electrons. The van der Waals surface area contributed by atoms with E-state index in [9.17, 15) is 19.5 Å². The maximum Gasteiger partial charge on any atom is 0.309 e. The third-order valence-electron chi connectivity index (χ3n) is 4.56. The molecule has 0 aliphatic carbocycles. The predicted molar refractivity (Wildman–Crippen MR) is 92.9 cm³/mol. The zero-order valence-electron chi connectivity index (χ0n) is 14.9. The molecule has 2 rings (SSSR count). The highest BCUT2D eigenvalue weighted by atomic mass is 16.5. The van der Waals surface area contributed by atoms with Crippen LogP contribution in [0.3, 0.4) is 0 Å². The fourth-order valence-electron chi connectivity index (χ4n) is 3.18. The fraction of sp³-hybridized carbons (Fsp3) is 0.550. The van der Waals surface area contributed by atoms with Gasteiger partial charge in [0.05, 0.1) is 12.0 Å². The first-order valence-electron chi connectivity index (χ1n) is 8.87. The van der Waals surface area contributed by atoms with Gasteiger partial charge >= 0.3 is 5.97 Å². The molecule has 1 aromatic carbocycles. The van der Waals surface area contributed by atoms with Gasteiger partial charge in [0.1, 0.15) is 5.78 Å². The van der Waals surface area contributed by atoms with Crippen LogP contribution in [0.1, 0.15) is 63.2 Å². The van der Waals surface area contributed by atoms with Gasteiger partial charge < -0.3 is 9.84 Å². The smallest absolute Gasteiger partial charge is 0.309 e. The summed E-state index contributed by atoms with van der Waals surface area (Å²) in [5.74, 6) is -1.21. The quantitative estimate of drug-likeness (QED) is 0.829. The summed E-state index contributed by atoms with van der Waals surface area (Å²) in [6.07, 6.45) is 1.07. The molecule has 0 bridgehead atoms. The Morgan fingerprint density at radius 3 is 2.68 bits per heavy atom. The first-order valence-corrected chi connectivity index (χ1v) is 8.87. The molecule has 0 fully saturated rings. The number of carbonyl (C=O) groups excluding carboxylic acids is 3. The topological polar surface area (TPSA) is 80.7 Å². The molecule has 25 heavy (non-hydrogen) atoms. The van der Waals surface area contributed by atoms with Crippen LogP contribution in [0.2, 0.25) is 0 Å². The Morgan fingerprint density at radius 1 is 1.24 bits per heavy atom. The number of carbonyl (C=O) groups is 3. The molecule has 0 unspecified atom stereocenters. The van der Waals surface area contributed by atoms with Gasteiger partial charge in [-0.2, -0.15) is 0 Å². The number of aliphatic hydroxyl groups is 1. The highest BCUT2D eigenvalue weighted by molar-refractivity contribution is 5.88. The van der Waals surface area contributed by atoms with Crippen molar-refractivity contribution >= 4 is 17.5 Å². The molecule has 1 N–H and O–H groups in total. The lowest BCUT2D eigenvalue weighted by Crippen LogP contribution is -2.28. The van der Waals surface area contributed by atoms with E-state index in [-0.39, 0.29) is 30.3 Å². The van der Waals surface area contributed by atoms with E-state index in [0.29, 0.717) is 5.56 Å². The van der Waals surface area contributed by atoms with Crippen LogP contribution in [0.4, 0.5) is 0 Å². The molecule has 136 valence electrons. The number of hydrogen-bond donors (Lipinski definition) is 1. The summed E-state index contributed by atoms with van der Waals surface area (Å²) in [5.41, 5.74) is 1.68.